The van der Waals surface area contributed by atoms with Gasteiger partial charge in [0.25, 0.3) is 0 Å². The quantitative estimate of drug-likeness (QED) is 0.718. The number of morpholine rings is 1. The van der Waals surface area contributed by atoms with E-state index >= 15 is 0 Å². The van der Waals surface area contributed by atoms with Crippen LogP contribution in [0.2, 0.25) is 0 Å². The molecule has 0 aromatic heterocycles. The third-order valence-corrected chi connectivity index (χ3v) is 6.36. The minimum absolute atomic E-state index is 0.501. The van der Waals surface area contributed by atoms with Crippen molar-refractivity contribution in [3.8, 4) is 0 Å². The van der Waals surface area contributed by atoms with Crippen LogP contribution < -0.4 is 0 Å². The van der Waals surface area contributed by atoms with Gasteiger partial charge >= 0.3 is 6.80 Å². The zero-order chi connectivity index (χ0) is 15.4. The van der Waals surface area contributed by atoms with Crippen molar-refractivity contribution in [2.24, 2.45) is 0 Å². The Kier molecular flexibility index (Phi) is 6.58. The van der Waals surface area contributed by atoms with Gasteiger partial charge in [-0.1, -0.05) is 0 Å². The standard InChI is InChI=1S/C13H28NO4PS/c1-12(2,3)17-19(15,18-13(4,5)6)20-11-14-7-9-16-10-8-14/h7-11H2,1-6H3. The van der Waals surface area contributed by atoms with Gasteiger partial charge in [0, 0.05) is 13.1 Å². The van der Waals surface area contributed by atoms with Crippen LogP contribution in [0.1, 0.15) is 41.5 Å². The van der Waals surface area contributed by atoms with Crippen LogP contribution in [0.4, 0.5) is 0 Å². The summed E-state index contributed by atoms with van der Waals surface area (Å²) in [5.74, 6) is 0.632. The molecule has 1 heterocycles. The van der Waals surface area contributed by atoms with E-state index in [1.807, 2.05) is 41.5 Å². The second-order valence-electron chi connectivity index (χ2n) is 6.84. The van der Waals surface area contributed by atoms with E-state index in [9.17, 15) is 4.57 Å². The van der Waals surface area contributed by atoms with E-state index in [0.29, 0.717) is 5.88 Å². The first kappa shape index (κ1) is 18.5. The molecule has 0 aliphatic carbocycles. The van der Waals surface area contributed by atoms with Crippen molar-refractivity contribution in [1.29, 1.82) is 0 Å². The van der Waals surface area contributed by atoms with E-state index in [1.165, 1.54) is 11.4 Å². The van der Waals surface area contributed by atoms with Crippen molar-refractivity contribution < 1.29 is 18.3 Å². The zero-order valence-corrected chi connectivity index (χ0v) is 15.2. The number of hydrogen-bond acceptors (Lipinski definition) is 6. The first-order chi connectivity index (χ1) is 8.99. The first-order valence-electron chi connectivity index (χ1n) is 6.95. The number of nitrogens with zero attached hydrogens (tertiary/aromatic N) is 1. The van der Waals surface area contributed by atoms with Gasteiger partial charge in [-0.25, -0.2) is 4.57 Å². The van der Waals surface area contributed by atoms with Gasteiger partial charge in [-0.05, 0) is 52.9 Å². The van der Waals surface area contributed by atoms with Crippen LogP contribution in [-0.2, 0) is 18.3 Å². The van der Waals surface area contributed by atoms with Gasteiger partial charge in [-0.3, -0.25) is 13.9 Å². The first-order valence-corrected chi connectivity index (χ1v) is 10.1. The summed E-state index contributed by atoms with van der Waals surface area (Å²) in [5.41, 5.74) is -1.00. The topological polar surface area (TPSA) is 48.0 Å². The molecule has 0 radical (unpaired) electrons. The molecule has 0 aromatic rings. The highest BCUT2D eigenvalue weighted by Crippen LogP contribution is 2.64. The lowest BCUT2D eigenvalue weighted by Crippen LogP contribution is -2.36. The van der Waals surface area contributed by atoms with Crippen LogP contribution in [0.25, 0.3) is 0 Å². The lowest BCUT2D eigenvalue weighted by Gasteiger charge is -2.33. The SMILES string of the molecule is CC(C)(C)OP(=O)(OC(C)(C)C)SCN1CCOCC1. The molecule has 0 N–H and O–H groups in total. The monoisotopic (exact) mass is 325 g/mol. The Balaban J connectivity index is 2.64. The number of hydrogen-bond donors (Lipinski definition) is 0. The number of ether oxygens (including phenoxy) is 1. The minimum atomic E-state index is -3.19. The second-order valence-corrected chi connectivity index (χ2v) is 10.7. The molecule has 0 bridgehead atoms. The Morgan fingerprint density at radius 3 is 1.90 bits per heavy atom. The normalized spacial score (nSPS) is 19.3. The zero-order valence-electron chi connectivity index (χ0n) is 13.5. The second kappa shape index (κ2) is 7.12. The summed E-state index contributed by atoms with van der Waals surface area (Å²) in [5, 5.41) is 0. The summed E-state index contributed by atoms with van der Waals surface area (Å²) in [6, 6.07) is 0. The summed E-state index contributed by atoms with van der Waals surface area (Å²) >= 11 is 1.27. The lowest BCUT2D eigenvalue weighted by atomic mass is 10.2. The van der Waals surface area contributed by atoms with Crippen molar-refractivity contribution in [3.05, 3.63) is 0 Å². The molecule has 20 heavy (non-hydrogen) atoms. The molecule has 0 unspecified atom stereocenters. The Hall–Kier alpha value is 0.420. The molecule has 7 heteroatoms. The van der Waals surface area contributed by atoms with Crippen molar-refractivity contribution >= 4 is 18.2 Å². The average molecular weight is 325 g/mol. The van der Waals surface area contributed by atoms with Crippen LogP contribution in [0.3, 0.4) is 0 Å². The molecule has 0 spiro atoms. The molecule has 0 atom stereocenters. The molecular formula is C13H28NO4PS. The van der Waals surface area contributed by atoms with E-state index in [4.69, 9.17) is 13.8 Å². The number of rotatable bonds is 5. The molecule has 1 rings (SSSR count). The molecule has 1 aliphatic heterocycles. The molecule has 120 valence electrons. The summed E-state index contributed by atoms with van der Waals surface area (Å²) in [4.78, 5) is 2.21. The van der Waals surface area contributed by atoms with Gasteiger partial charge in [-0.15, -0.1) is 0 Å². The average Bonchev–Trinajstić information content (AvgIpc) is 2.23. The largest absolute Gasteiger partial charge is 0.391 e. The van der Waals surface area contributed by atoms with Crippen molar-refractivity contribution in [1.82, 2.24) is 4.90 Å². The highest BCUT2D eigenvalue weighted by Gasteiger charge is 2.36. The van der Waals surface area contributed by atoms with Crippen molar-refractivity contribution in [2.75, 3.05) is 32.2 Å². The van der Waals surface area contributed by atoms with Crippen LogP contribution in [0.5, 0.6) is 0 Å². The molecule has 1 saturated heterocycles. The smallest absolute Gasteiger partial charge is 0.379 e. The Bertz CT molecular complexity index is 325. The van der Waals surface area contributed by atoms with E-state index in [1.54, 1.807) is 0 Å². The van der Waals surface area contributed by atoms with Crippen LogP contribution >= 0.6 is 18.2 Å². The van der Waals surface area contributed by atoms with Gasteiger partial charge < -0.3 is 4.74 Å². The maximum Gasteiger partial charge on any atom is 0.391 e. The Labute approximate surface area is 127 Å². The van der Waals surface area contributed by atoms with Gasteiger partial charge in [0.2, 0.25) is 0 Å². The summed E-state index contributed by atoms with van der Waals surface area (Å²) in [6.07, 6.45) is 0. The minimum Gasteiger partial charge on any atom is -0.379 e. The van der Waals surface area contributed by atoms with Crippen LogP contribution in [-0.4, -0.2) is 48.3 Å². The molecule has 0 aromatic carbocycles. The third kappa shape index (κ3) is 8.01. The van der Waals surface area contributed by atoms with Crippen molar-refractivity contribution in [3.63, 3.8) is 0 Å². The maximum atomic E-state index is 12.9. The molecule has 0 amide bonds. The fourth-order valence-electron chi connectivity index (χ4n) is 1.62. The maximum absolute atomic E-state index is 12.9. The van der Waals surface area contributed by atoms with E-state index in [-0.39, 0.29) is 0 Å². The van der Waals surface area contributed by atoms with Gasteiger partial charge in [-0.2, -0.15) is 0 Å². The summed E-state index contributed by atoms with van der Waals surface area (Å²) in [7, 11) is 0. The van der Waals surface area contributed by atoms with Crippen LogP contribution in [0, 0.1) is 0 Å². The van der Waals surface area contributed by atoms with Crippen LogP contribution in [0.15, 0.2) is 0 Å². The Morgan fingerprint density at radius 1 is 1.05 bits per heavy atom. The molecule has 5 nitrogen and oxygen atoms in total. The van der Waals surface area contributed by atoms with Gasteiger partial charge in [0.05, 0.1) is 30.3 Å². The highest BCUT2D eigenvalue weighted by atomic mass is 32.7. The van der Waals surface area contributed by atoms with Gasteiger partial charge in [0.1, 0.15) is 0 Å². The molecular weight excluding hydrogens is 297 g/mol. The predicted molar refractivity (Wildman–Crippen MR) is 84.1 cm³/mol. The van der Waals surface area contributed by atoms with Gasteiger partial charge in [0.15, 0.2) is 0 Å². The van der Waals surface area contributed by atoms with E-state index < -0.39 is 18.0 Å². The molecule has 1 aliphatic rings. The molecule has 0 saturated carbocycles. The summed E-state index contributed by atoms with van der Waals surface area (Å²) < 4.78 is 29.7. The fraction of sp³-hybridized carbons (Fsp3) is 1.00. The Morgan fingerprint density at radius 2 is 1.50 bits per heavy atom. The van der Waals surface area contributed by atoms with E-state index in [0.717, 1.165) is 26.3 Å². The fourth-order valence-corrected chi connectivity index (χ4v) is 6.24. The third-order valence-electron chi connectivity index (χ3n) is 2.27. The van der Waals surface area contributed by atoms with E-state index in [2.05, 4.69) is 4.90 Å². The van der Waals surface area contributed by atoms with Crippen molar-refractivity contribution in [2.45, 2.75) is 52.7 Å². The highest BCUT2D eigenvalue weighted by molar-refractivity contribution is 8.55. The molecule has 1 fully saturated rings. The summed E-state index contributed by atoms with van der Waals surface area (Å²) in [6.45, 7) is 11.3. The predicted octanol–water partition coefficient (Wildman–Crippen LogP) is 3.75. The lowest BCUT2D eigenvalue weighted by molar-refractivity contribution is 0.0464.